The Bertz CT molecular complexity index is 115. The molecule has 14 heavy (non-hydrogen) atoms. The van der Waals surface area contributed by atoms with Crippen LogP contribution in [0.1, 0.15) is 58.8 Å². The molecule has 0 spiro atoms. The average Bonchev–Trinajstić information content (AvgIpc) is 2.10. The van der Waals surface area contributed by atoms with Crippen molar-refractivity contribution in [2.75, 3.05) is 6.67 Å². The molecule has 0 rings (SSSR count). The van der Waals surface area contributed by atoms with E-state index in [1.54, 1.807) is 0 Å². The Balaban J connectivity index is 3.10. The summed E-state index contributed by atoms with van der Waals surface area (Å²) in [5.41, 5.74) is 0.788. The van der Waals surface area contributed by atoms with Crippen molar-refractivity contribution in [3.05, 3.63) is 0 Å². The Labute approximate surface area is 91.2 Å². The molecule has 0 amide bonds. The smallest absolute Gasteiger partial charge is 0.0894 e. The van der Waals surface area contributed by atoms with Gasteiger partial charge in [0.25, 0.3) is 0 Å². The number of hydrogen-bond acceptors (Lipinski definition) is 0. The molecule has 0 heterocycles. The van der Waals surface area contributed by atoms with E-state index in [-0.39, 0.29) is 6.67 Å². The zero-order valence-corrected chi connectivity index (χ0v) is 10.9. The topological polar surface area (TPSA) is 0 Å². The minimum Gasteiger partial charge on any atom is -0.251 e. The van der Waals surface area contributed by atoms with Gasteiger partial charge < -0.3 is 0 Å². The molecule has 2 atom stereocenters. The molecule has 0 fully saturated rings. The van der Waals surface area contributed by atoms with E-state index in [9.17, 15) is 4.39 Å². The fourth-order valence-electron chi connectivity index (χ4n) is 1.75. The molecule has 0 aromatic rings. The minimum atomic E-state index is -0.139. The molecule has 0 aliphatic rings. The maximum absolute atomic E-state index is 11.8. The van der Waals surface area contributed by atoms with Crippen LogP contribution in [0.5, 0.6) is 0 Å². The van der Waals surface area contributed by atoms with E-state index in [0.717, 1.165) is 24.4 Å². The van der Waals surface area contributed by atoms with Crippen LogP contribution in [0, 0.1) is 5.92 Å². The molecule has 0 nitrogen and oxygen atoms in total. The number of hydrogen-bond donors (Lipinski definition) is 0. The largest absolute Gasteiger partial charge is 0.251 e. The summed E-state index contributed by atoms with van der Waals surface area (Å²) < 4.78 is 11.8. The standard InChI is InChI=1S/C12H26FP/c1-11(2)10-12(14)8-6-4-3-5-7-9-13/h11-12H,3-10,14H2,1-2H3. The van der Waals surface area contributed by atoms with E-state index < -0.39 is 0 Å². The van der Waals surface area contributed by atoms with Crippen LogP contribution in [-0.2, 0) is 0 Å². The molecule has 0 saturated heterocycles. The molecular weight excluding hydrogens is 194 g/mol. The van der Waals surface area contributed by atoms with Crippen LogP contribution in [0.25, 0.3) is 0 Å². The highest BCUT2D eigenvalue weighted by atomic mass is 31.0. The third-order valence-corrected chi connectivity index (χ3v) is 3.09. The summed E-state index contributed by atoms with van der Waals surface area (Å²) in [6, 6.07) is 0. The van der Waals surface area contributed by atoms with Crippen molar-refractivity contribution in [1.29, 1.82) is 0 Å². The molecule has 2 unspecified atom stereocenters. The van der Waals surface area contributed by atoms with Crippen molar-refractivity contribution in [1.82, 2.24) is 0 Å². The molecule has 2 heteroatoms. The molecule has 0 aromatic carbocycles. The van der Waals surface area contributed by atoms with E-state index in [4.69, 9.17) is 0 Å². The van der Waals surface area contributed by atoms with Crippen LogP contribution >= 0.6 is 9.24 Å². The summed E-state index contributed by atoms with van der Waals surface area (Å²) in [5, 5.41) is 0. The summed E-state index contributed by atoms with van der Waals surface area (Å²) >= 11 is 0. The first-order valence-corrected chi connectivity index (χ1v) is 6.65. The maximum Gasteiger partial charge on any atom is 0.0894 e. The summed E-state index contributed by atoms with van der Waals surface area (Å²) in [4.78, 5) is 0. The van der Waals surface area contributed by atoms with Crippen LogP contribution < -0.4 is 0 Å². The molecule has 0 N–H and O–H groups in total. The predicted molar refractivity (Wildman–Crippen MR) is 66.6 cm³/mol. The van der Waals surface area contributed by atoms with Gasteiger partial charge in [0, 0.05) is 0 Å². The monoisotopic (exact) mass is 220 g/mol. The molecular formula is C12H26FP. The molecule has 0 bridgehead atoms. The molecule has 0 radical (unpaired) electrons. The Morgan fingerprint density at radius 3 is 2.14 bits per heavy atom. The molecule has 0 aliphatic heterocycles. The first-order chi connectivity index (χ1) is 6.66. The molecule has 86 valence electrons. The highest BCUT2D eigenvalue weighted by molar-refractivity contribution is 7.17. The first kappa shape index (κ1) is 14.4. The Morgan fingerprint density at radius 2 is 1.57 bits per heavy atom. The number of rotatable bonds is 9. The van der Waals surface area contributed by atoms with Crippen LogP contribution in [0.15, 0.2) is 0 Å². The third-order valence-electron chi connectivity index (χ3n) is 2.48. The Hall–Kier alpha value is 0.360. The van der Waals surface area contributed by atoms with Crippen molar-refractivity contribution in [3.8, 4) is 0 Å². The van der Waals surface area contributed by atoms with Crippen LogP contribution in [0.4, 0.5) is 4.39 Å². The van der Waals surface area contributed by atoms with Gasteiger partial charge in [0.05, 0.1) is 6.67 Å². The SMILES string of the molecule is CC(C)CC(P)CCCCCCCF. The Morgan fingerprint density at radius 1 is 1.00 bits per heavy atom. The van der Waals surface area contributed by atoms with E-state index in [1.807, 2.05) is 0 Å². The van der Waals surface area contributed by atoms with Gasteiger partial charge in [0.2, 0.25) is 0 Å². The number of unbranched alkanes of at least 4 members (excludes halogenated alkanes) is 4. The average molecular weight is 220 g/mol. The number of halogens is 1. The van der Waals surface area contributed by atoms with Crippen molar-refractivity contribution in [3.63, 3.8) is 0 Å². The van der Waals surface area contributed by atoms with Gasteiger partial charge in [0.15, 0.2) is 0 Å². The lowest BCUT2D eigenvalue weighted by molar-refractivity contribution is 0.448. The van der Waals surface area contributed by atoms with Gasteiger partial charge in [-0.15, -0.1) is 9.24 Å². The predicted octanol–water partition coefficient (Wildman–Crippen LogP) is 4.59. The maximum atomic E-state index is 11.8. The summed E-state index contributed by atoms with van der Waals surface area (Å²) in [5.74, 6) is 0.809. The second-order valence-corrected chi connectivity index (χ2v) is 5.58. The fraction of sp³-hybridized carbons (Fsp3) is 1.00. The van der Waals surface area contributed by atoms with Gasteiger partial charge in [-0.1, -0.05) is 39.5 Å². The minimum absolute atomic E-state index is 0.139. The lowest BCUT2D eigenvalue weighted by Gasteiger charge is -2.13. The quantitative estimate of drug-likeness (QED) is 0.394. The van der Waals surface area contributed by atoms with E-state index >= 15 is 0 Å². The van der Waals surface area contributed by atoms with E-state index in [0.29, 0.717) is 0 Å². The lowest BCUT2D eigenvalue weighted by Crippen LogP contribution is -2.02. The van der Waals surface area contributed by atoms with Crippen molar-refractivity contribution in [2.45, 2.75) is 64.5 Å². The Kier molecular flexibility index (Phi) is 10.2. The number of alkyl halides is 1. The summed E-state index contributed by atoms with van der Waals surface area (Å²) in [7, 11) is 2.95. The third kappa shape index (κ3) is 10.4. The van der Waals surface area contributed by atoms with E-state index in [1.165, 1.54) is 32.1 Å². The highest BCUT2D eigenvalue weighted by Crippen LogP contribution is 2.19. The molecule has 0 saturated carbocycles. The van der Waals surface area contributed by atoms with Gasteiger partial charge in [-0.25, -0.2) is 0 Å². The van der Waals surface area contributed by atoms with Gasteiger partial charge in [-0.2, -0.15) is 0 Å². The van der Waals surface area contributed by atoms with Crippen LogP contribution in [-0.4, -0.2) is 12.3 Å². The zero-order chi connectivity index (χ0) is 10.8. The van der Waals surface area contributed by atoms with Gasteiger partial charge >= 0.3 is 0 Å². The highest BCUT2D eigenvalue weighted by Gasteiger charge is 2.04. The molecule has 0 aliphatic carbocycles. The van der Waals surface area contributed by atoms with Crippen LogP contribution in [0.2, 0.25) is 0 Å². The van der Waals surface area contributed by atoms with Crippen LogP contribution in [0.3, 0.4) is 0 Å². The second-order valence-electron chi connectivity index (χ2n) is 4.64. The van der Waals surface area contributed by atoms with Crippen molar-refractivity contribution in [2.24, 2.45) is 5.92 Å². The normalized spacial score (nSPS) is 13.5. The lowest BCUT2D eigenvalue weighted by atomic mass is 10.0. The van der Waals surface area contributed by atoms with Gasteiger partial charge in [-0.05, 0) is 30.8 Å². The van der Waals surface area contributed by atoms with Crippen molar-refractivity contribution >= 4 is 9.24 Å². The molecule has 0 aromatic heterocycles. The van der Waals surface area contributed by atoms with E-state index in [2.05, 4.69) is 23.1 Å². The summed E-state index contributed by atoms with van der Waals surface area (Å²) in [6.07, 6.45) is 8.27. The fourth-order valence-corrected chi connectivity index (χ4v) is 2.53. The second kappa shape index (κ2) is 9.90. The van der Waals surface area contributed by atoms with Gasteiger partial charge in [0.1, 0.15) is 0 Å². The first-order valence-electron chi connectivity index (χ1n) is 5.98. The van der Waals surface area contributed by atoms with Gasteiger partial charge in [-0.3, -0.25) is 4.39 Å². The van der Waals surface area contributed by atoms with Crippen molar-refractivity contribution < 1.29 is 4.39 Å². The zero-order valence-electron chi connectivity index (χ0n) is 9.77. The summed E-state index contributed by atoms with van der Waals surface area (Å²) in [6.45, 7) is 4.41.